The maximum atomic E-state index is 12.7. The molecule has 0 spiro atoms. The molecule has 1 amide bonds. The van der Waals surface area contributed by atoms with Crippen LogP contribution >= 0.6 is 0 Å². The van der Waals surface area contributed by atoms with E-state index in [1.807, 2.05) is 32.0 Å². The number of nitrogens with zero attached hydrogens (tertiary/aromatic N) is 1. The van der Waals surface area contributed by atoms with Crippen LogP contribution in [-0.4, -0.2) is 34.0 Å². The maximum Gasteiger partial charge on any atom is 0.371 e. The third-order valence-corrected chi connectivity index (χ3v) is 4.66. The van der Waals surface area contributed by atoms with Crippen LogP contribution in [0.3, 0.4) is 0 Å². The summed E-state index contributed by atoms with van der Waals surface area (Å²) in [5, 5.41) is 8.92. The lowest BCUT2D eigenvalue weighted by Gasteiger charge is -2.35. The number of carboxylic acids is 1. The minimum atomic E-state index is -1.17. The molecule has 23 heavy (non-hydrogen) atoms. The average Bonchev–Trinajstić information content (AvgIpc) is 3.12. The smallest absolute Gasteiger partial charge is 0.371 e. The molecule has 1 N–H and O–H groups in total. The molecule has 1 aromatic carbocycles. The van der Waals surface area contributed by atoms with Gasteiger partial charge in [-0.2, -0.15) is 0 Å². The van der Waals surface area contributed by atoms with E-state index >= 15 is 0 Å². The van der Waals surface area contributed by atoms with Crippen molar-refractivity contribution in [3.8, 4) is 0 Å². The van der Waals surface area contributed by atoms with Gasteiger partial charge in [-0.15, -0.1) is 0 Å². The van der Waals surface area contributed by atoms with Crippen LogP contribution in [0.4, 0.5) is 0 Å². The molecular weight excluding hydrogens is 294 g/mol. The van der Waals surface area contributed by atoms with Crippen LogP contribution in [0.2, 0.25) is 0 Å². The first kappa shape index (κ1) is 15.3. The van der Waals surface area contributed by atoms with E-state index in [0.29, 0.717) is 6.54 Å². The molecule has 1 saturated heterocycles. The number of carboxylic acid groups (broad SMARTS) is 1. The first-order valence-corrected chi connectivity index (χ1v) is 7.61. The zero-order chi connectivity index (χ0) is 16.6. The number of hydrogen-bond donors (Lipinski definition) is 1. The first-order valence-electron chi connectivity index (χ1n) is 7.61. The molecule has 0 bridgehead atoms. The average molecular weight is 313 g/mol. The summed E-state index contributed by atoms with van der Waals surface area (Å²) in [4.78, 5) is 25.4. The number of furan rings is 1. The van der Waals surface area contributed by atoms with Crippen molar-refractivity contribution in [1.82, 2.24) is 4.90 Å². The molecule has 1 aliphatic heterocycles. The van der Waals surface area contributed by atoms with Gasteiger partial charge in [-0.25, -0.2) is 4.79 Å². The van der Waals surface area contributed by atoms with Crippen LogP contribution in [0.5, 0.6) is 0 Å². The summed E-state index contributed by atoms with van der Waals surface area (Å²) in [7, 11) is 0. The standard InChI is InChI=1S/C18H19NO4/c1-18(2)13(12-6-4-3-5-7-12)10-11-19(18)16(20)14-8-9-15(23-14)17(21)22/h3-9,13H,10-11H2,1-2H3,(H,21,22). The van der Waals surface area contributed by atoms with E-state index in [2.05, 4.69) is 12.1 Å². The number of aromatic carboxylic acids is 1. The number of carbonyl (C=O) groups excluding carboxylic acids is 1. The van der Waals surface area contributed by atoms with Crippen LogP contribution in [0.1, 0.15) is 52.9 Å². The topological polar surface area (TPSA) is 70.8 Å². The Kier molecular flexibility index (Phi) is 3.72. The number of carbonyl (C=O) groups is 2. The second-order valence-corrected chi connectivity index (χ2v) is 6.33. The van der Waals surface area contributed by atoms with E-state index < -0.39 is 5.97 Å². The van der Waals surface area contributed by atoms with Gasteiger partial charge in [-0.1, -0.05) is 30.3 Å². The van der Waals surface area contributed by atoms with E-state index in [9.17, 15) is 9.59 Å². The predicted octanol–water partition coefficient (Wildman–Crippen LogP) is 3.39. The lowest BCUT2D eigenvalue weighted by atomic mass is 9.82. The Morgan fingerprint density at radius 1 is 1.13 bits per heavy atom. The Morgan fingerprint density at radius 3 is 2.39 bits per heavy atom. The maximum absolute atomic E-state index is 12.7. The van der Waals surface area contributed by atoms with Crippen molar-refractivity contribution in [2.75, 3.05) is 6.54 Å². The summed E-state index contributed by atoms with van der Waals surface area (Å²) in [5.74, 6) is -1.34. The molecule has 5 nitrogen and oxygen atoms in total. The van der Waals surface area contributed by atoms with Gasteiger partial charge in [0, 0.05) is 18.0 Å². The minimum absolute atomic E-state index is 0.0733. The number of amides is 1. The largest absolute Gasteiger partial charge is 0.475 e. The second kappa shape index (κ2) is 5.57. The monoisotopic (exact) mass is 313 g/mol. The number of likely N-dealkylation sites (tertiary alicyclic amines) is 1. The molecule has 1 fully saturated rings. The molecule has 3 rings (SSSR count). The number of rotatable bonds is 3. The molecule has 1 aromatic heterocycles. The van der Waals surface area contributed by atoms with Gasteiger partial charge in [0.05, 0.1) is 0 Å². The van der Waals surface area contributed by atoms with E-state index in [-0.39, 0.29) is 28.9 Å². The van der Waals surface area contributed by atoms with Gasteiger partial charge in [0.15, 0.2) is 5.76 Å². The molecule has 2 aromatic rings. The van der Waals surface area contributed by atoms with Crippen LogP contribution in [0.25, 0.3) is 0 Å². The molecular formula is C18H19NO4. The lowest BCUT2D eigenvalue weighted by Crippen LogP contribution is -2.45. The van der Waals surface area contributed by atoms with E-state index in [1.165, 1.54) is 17.7 Å². The molecule has 0 saturated carbocycles. The van der Waals surface area contributed by atoms with Crippen molar-refractivity contribution in [2.24, 2.45) is 0 Å². The fraction of sp³-hybridized carbons (Fsp3) is 0.333. The fourth-order valence-electron chi connectivity index (χ4n) is 3.41. The summed E-state index contributed by atoms with van der Waals surface area (Å²) in [5.41, 5.74) is 0.840. The summed E-state index contributed by atoms with van der Waals surface area (Å²) >= 11 is 0. The van der Waals surface area contributed by atoms with Crippen LogP contribution in [-0.2, 0) is 0 Å². The van der Waals surface area contributed by atoms with Crippen LogP contribution < -0.4 is 0 Å². The molecule has 2 heterocycles. The van der Waals surface area contributed by atoms with Crippen LogP contribution in [0, 0.1) is 0 Å². The van der Waals surface area contributed by atoms with Gasteiger partial charge >= 0.3 is 5.97 Å². The van der Waals surface area contributed by atoms with Gasteiger partial charge in [0.1, 0.15) is 0 Å². The van der Waals surface area contributed by atoms with E-state index in [4.69, 9.17) is 9.52 Å². The van der Waals surface area contributed by atoms with Gasteiger partial charge in [0.25, 0.3) is 5.91 Å². The molecule has 120 valence electrons. The third kappa shape index (κ3) is 2.63. The summed E-state index contributed by atoms with van der Waals surface area (Å²) in [6.45, 7) is 4.70. The highest BCUT2D eigenvalue weighted by Gasteiger charge is 2.45. The van der Waals surface area contributed by atoms with Crippen LogP contribution in [0.15, 0.2) is 46.9 Å². The molecule has 1 aliphatic rings. The highest BCUT2D eigenvalue weighted by Crippen LogP contribution is 2.42. The Labute approximate surface area is 134 Å². The Morgan fingerprint density at radius 2 is 1.78 bits per heavy atom. The minimum Gasteiger partial charge on any atom is -0.475 e. The molecule has 1 unspecified atom stereocenters. The molecule has 0 radical (unpaired) electrons. The van der Waals surface area contributed by atoms with Crippen molar-refractivity contribution in [1.29, 1.82) is 0 Å². The number of hydrogen-bond acceptors (Lipinski definition) is 3. The number of benzene rings is 1. The summed E-state index contributed by atoms with van der Waals surface area (Å²) in [6.07, 6.45) is 0.870. The normalized spacial score (nSPS) is 19.7. The quantitative estimate of drug-likeness (QED) is 0.943. The van der Waals surface area contributed by atoms with E-state index in [1.54, 1.807) is 4.90 Å². The van der Waals surface area contributed by atoms with Gasteiger partial charge in [0.2, 0.25) is 5.76 Å². The van der Waals surface area contributed by atoms with Gasteiger partial charge < -0.3 is 14.4 Å². The Balaban J connectivity index is 1.86. The lowest BCUT2D eigenvalue weighted by molar-refractivity contribution is 0.0589. The van der Waals surface area contributed by atoms with Crippen molar-refractivity contribution in [3.05, 3.63) is 59.5 Å². The summed E-state index contributed by atoms with van der Waals surface area (Å²) < 4.78 is 5.16. The highest BCUT2D eigenvalue weighted by molar-refractivity contribution is 5.94. The van der Waals surface area contributed by atoms with Gasteiger partial charge in [-0.05, 0) is 38.0 Å². The zero-order valence-corrected chi connectivity index (χ0v) is 13.2. The Bertz CT molecular complexity index is 732. The third-order valence-electron chi connectivity index (χ3n) is 4.66. The molecule has 5 heteroatoms. The van der Waals surface area contributed by atoms with Crippen molar-refractivity contribution in [3.63, 3.8) is 0 Å². The van der Waals surface area contributed by atoms with Gasteiger partial charge in [-0.3, -0.25) is 4.79 Å². The molecule has 1 atom stereocenters. The summed E-state index contributed by atoms with van der Waals surface area (Å²) in [6, 6.07) is 12.9. The van der Waals surface area contributed by atoms with Crippen molar-refractivity contribution in [2.45, 2.75) is 31.7 Å². The molecule has 0 aliphatic carbocycles. The van der Waals surface area contributed by atoms with E-state index in [0.717, 1.165) is 6.42 Å². The zero-order valence-electron chi connectivity index (χ0n) is 13.2. The Hall–Kier alpha value is -2.56. The van der Waals surface area contributed by atoms with Crippen molar-refractivity contribution >= 4 is 11.9 Å². The highest BCUT2D eigenvalue weighted by atomic mass is 16.4. The van der Waals surface area contributed by atoms with Crippen molar-refractivity contribution < 1.29 is 19.1 Å². The first-order chi connectivity index (χ1) is 10.9. The fourth-order valence-corrected chi connectivity index (χ4v) is 3.41. The second-order valence-electron chi connectivity index (χ2n) is 6.33. The SMILES string of the molecule is CC1(C)C(c2ccccc2)CCN1C(=O)c1ccc(C(=O)O)o1. The predicted molar refractivity (Wildman–Crippen MR) is 84.6 cm³/mol.